The van der Waals surface area contributed by atoms with E-state index in [1.54, 1.807) is 6.20 Å². The molecule has 4 rings (SSSR count). The Bertz CT molecular complexity index is 1020. The van der Waals surface area contributed by atoms with Crippen molar-refractivity contribution in [3.8, 4) is 11.3 Å². The number of nitrogen functional groups attached to an aromatic ring is 1. The number of nitrogens with zero attached hydrogens (tertiary/aromatic N) is 5. The average molecular weight is 381 g/mol. The summed E-state index contributed by atoms with van der Waals surface area (Å²) in [5.41, 5.74) is 11.8. The molecule has 0 fully saturated rings. The smallest absolute Gasteiger partial charge is 0.220 e. The molecular weight excluding hydrogens is 360 g/mol. The molecule has 0 saturated carbocycles. The summed E-state index contributed by atoms with van der Waals surface area (Å²) < 4.78 is 0. The maximum atomic E-state index is 6.46. The molecule has 0 aliphatic carbocycles. The van der Waals surface area contributed by atoms with Crippen molar-refractivity contribution in [3.05, 3.63) is 58.1 Å². The second-order valence-corrected chi connectivity index (χ2v) is 7.36. The molecule has 3 aromatic heterocycles. The molecule has 0 spiro atoms. The Balaban J connectivity index is 1.74. The molecule has 6 nitrogen and oxygen atoms in total. The predicted octanol–water partition coefficient (Wildman–Crippen LogP) is 3.91. The third kappa shape index (κ3) is 3.21. The highest BCUT2D eigenvalue weighted by atomic mass is 35.5. The second kappa shape index (κ2) is 6.78. The van der Waals surface area contributed by atoms with Crippen molar-refractivity contribution in [2.24, 2.45) is 0 Å². The van der Waals surface area contributed by atoms with Gasteiger partial charge in [-0.2, -0.15) is 0 Å². The van der Waals surface area contributed by atoms with Crippen LogP contribution in [0.4, 0.5) is 11.8 Å². The molecule has 0 aromatic carbocycles. The van der Waals surface area contributed by atoms with E-state index in [-0.39, 0.29) is 6.04 Å². The fourth-order valence-corrected chi connectivity index (χ4v) is 3.85. The quantitative estimate of drug-likeness (QED) is 0.725. The van der Waals surface area contributed by atoms with Crippen molar-refractivity contribution < 1.29 is 0 Å². The van der Waals surface area contributed by atoms with E-state index in [0.29, 0.717) is 11.0 Å². The fraction of sp³-hybridized carbons (Fsp3) is 0.300. The van der Waals surface area contributed by atoms with Crippen LogP contribution in [0, 0.1) is 13.8 Å². The number of hydrogen-bond donors (Lipinski definition) is 1. The van der Waals surface area contributed by atoms with Gasteiger partial charge in [-0.1, -0.05) is 17.7 Å². The standard InChI is InChI=1S/C20H21ClN6/c1-11-6-12(2)19(24-8-11)14-7-18(23-10-16(14)21)27-5-4-17-15(13(27)3)9-25-20(22)26-17/h6-10,13H,4-5H2,1-3H3,(H2,22,25,26)/t13-/m1/s1. The molecule has 1 aliphatic heterocycles. The number of pyridine rings is 2. The van der Waals surface area contributed by atoms with Crippen molar-refractivity contribution >= 4 is 23.4 Å². The molecule has 7 heteroatoms. The monoisotopic (exact) mass is 380 g/mol. The third-order valence-corrected chi connectivity index (χ3v) is 5.33. The minimum atomic E-state index is 0.1000. The van der Waals surface area contributed by atoms with Crippen molar-refractivity contribution in [2.75, 3.05) is 17.2 Å². The average Bonchev–Trinajstić information content (AvgIpc) is 2.63. The minimum Gasteiger partial charge on any atom is -0.368 e. The molecule has 138 valence electrons. The first kappa shape index (κ1) is 17.7. The number of fused-ring (bicyclic) bond motifs is 1. The molecule has 27 heavy (non-hydrogen) atoms. The van der Waals surface area contributed by atoms with Crippen LogP contribution in [-0.2, 0) is 6.42 Å². The Morgan fingerprint density at radius 2 is 1.93 bits per heavy atom. The molecular formula is C20H21ClN6. The molecule has 1 aliphatic rings. The first-order valence-electron chi connectivity index (χ1n) is 8.91. The molecule has 0 radical (unpaired) electrons. The molecule has 3 aromatic rings. The highest BCUT2D eigenvalue weighted by Gasteiger charge is 2.27. The Labute approximate surface area is 163 Å². The van der Waals surface area contributed by atoms with Gasteiger partial charge in [0.2, 0.25) is 5.95 Å². The number of nitrogens with two attached hydrogens (primary N) is 1. The second-order valence-electron chi connectivity index (χ2n) is 6.95. The number of aromatic nitrogens is 4. The maximum Gasteiger partial charge on any atom is 0.220 e. The van der Waals surface area contributed by atoms with Crippen molar-refractivity contribution in [2.45, 2.75) is 33.2 Å². The van der Waals surface area contributed by atoms with Crippen molar-refractivity contribution in [1.82, 2.24) is 19.9 Å². The van der Waals surface area contributed by atoms with Crippen LogP contribution in [0.5, 0.6) is 0 Å². The number of anilines is 2. The Kier molecular flexibility index (Phi) is 4.44. The summed E-state index contributed by atoms with van der Waals surface area (Å²) in [6.45, 7) is 7.01. The summed E-state index contributed by atoms with van der Waals surface area (Å²) in [5, 5.41) is 0.597. The van der Waals surface area contributed by atoms with E-state index in [1.165, 1.54) is 0 Å². The molecule has 0 saturated heterocycles. The van der Waals surface area contributed by atoms with E-state index in [4.69, 9.17) is 17.3 Å². The lowest BCUT2D eigenvalue weighted by Crippen LogP contribution is -2.35. The Hall–Kier alpha value is -2.73. The van der Waals surface area contributed by atoms with Gasteiger partial charge in [0.1, 0.15) is 5.82 Å². The normalized spacial score (nSPS) is 16.3. The summed E-state index contributed by atoms with van der Waals surface area (Å²) in [7, 11) is 0. The molecule has 1 atom stereocenters. The number of aryl methyl sites for hydroxylation is 2. The van der Waals surface area contributed by atoms with Crippen LogP contribution >= 0.6 is 11.6 Å². The van der Waals surface area contributed by atoms with Crippen molar-refractivity contribution in [1.29, 1.82) is 0 Å². The summed E-state index contributed by atoms with van der Waals surface area (Å²) >= 11 is 6.46. The molecule has 0 amide bonds. The van der Waals surface area contributed by atoms with Crippen LogP contribution in [-0.4, -0.2) is 26.5 Å². The van der Waals surface area contributed by atoms with Crippen LogP contribution in [0.3, 0.4) is 0 Å². The lowest BCUT2D eigenvalue weighted by molar-refractivity contribution is 0.603. The Morgan fingerprint density at radius 1 is 1.11 bits per heavy atom. The van der Waals surface area contributed by atoms with Gasteiger partial charge in [0, 0.05) is 42.7 Å². The zero-order chi connectivity index (χ0) is 19.1. The van der Waals surface area contributed by atoms with E-state index in [0.717, 1.165) is 52.4 Å². The van der Waals surface area contributed by atoms with E-state index in [1.807, 2.05) is 32.3 Å². The van der Waals surface area contributed by atoms with Gasteiger partial charge in [0.15, 0.2) is 0 Å². The lowest BCUT2D eigenvalue weighted by atomic mass is 9.99. The SMILES string of the molecule is Cc1cnc(-c2cc(N3CCc4nc(N)ncc4[C@H]3C)ncc2Cl)c(C)c1. The van der Waals surface area contributed by atoms with Gasteiger partial charge in [0.25, 0.3) is 0 Å². The highest BCUT2D eigenvalue weighted by molar-refractivity contribution is 6.33. The van der Waals surface area contributed by atoms with Gasteiger partial charge >= 0.3 is 0 Å². The summed E-state index contributed by atoms with van der Waals surface area (Å²) in [5.74, 6) is 1.19. The highest BCUT2D eigenvalue weighted by Crippen LogP contribution is 2.36. The summed E-state index contributed by atoms with van der Waals surface area (Å²) in [6.07, 6.45) is 6.18. The van der Waals surface area contributed by atoms with E-state index in [2.05, 4.69) is 37.8 Å². The summed E-state index contributed by atoms with van der Waals surface area (Å²) in [6, 6.07) is 4.23. The zero-order valence-corrected chi connectivity index (χ0v) is 16.3. The fourth-order valence-electron chi connectivity index (χ4n) is 3.66. The van der Waals surface area contributed by atoms with Gasteiger partial charge in [-0.25, -0.2) is 15.0 Å². The number of halogens is 1. The number of rotatable bonds is 2. The zero-order valence-electron chi connectivity index (χ0n) is 15.6. The molecule has 4 heterocycles. The topological polar surface area (TPSA) is 80.8 Å². The van der Waals surface area contributed by atoms with Crippen LogP contribution < -0.4 is 10.6 Å². The van der Waals surface area contributed by atoms with Gasteiger partial charge in [-0.05, 0) is 38.0 Å². The van der Waals surface area contributed by atoms with Crippen LogP contribution in [0.2, 0.25) is 5.02 Å². The van der Waals surface area contributed by atoms with Crippen LogP contribution in [0.1, 0.15) is 35.3 Å². The Morgan fingerprint density at radius 3 is 2.70 bits per heavy atom. The third-order valence-electron chi connectivity index (χ3n) is 5.03. The van der Waals surface area contributed by atoms with Gasteiger partial charge < -0.3 is 10.6 Å². The van der Waals surface area contributed by atoms with Gasteiger partial charge in [0.05, 0.1) is 22.5 Å². The van der Waals surface area contributed by atoms with Gasteiger partial charge in [-0.3, -0.25) is 4.98 Å². The van der Waals surface area contributed by atoms with Gasteiger partial charge in [-0.15, -0.1) is 0 Å². The first-order valence-corrected chi connectivity index (χ1v) is 9.29. The summed E-state index contributed by atoms with van der Waals surface area (Å²) in [4.78, 5) is 20.0. The minimum absolute atomic E-state index is 0.1000. The largest absolute Gasteiger partial charge is 0.368 e. The first-order chi connectivity index (χ1) is 12.9. The molecule has 0 bridgehead atoms. The predicted molar refractivity (Wildman–Crippen MR) is 108 cm³/mol. The maximum absolute atomic E-state index is 6.46. The molecule has 2 N–H and O–H groups in total. The van der Waals surface area contributed by atoms with E-state index in [9.17, 15) is 0 Å². The van der Waals surface area contributed by atoms with Crippen LogP contribution in [0.15, 0.2) is 30.7 Å². The molecule has 0 unspecified atom stereocenters. The van der Waals surface area contributed by atoms with Crippen molar-refractivity contribution in [3.63, 3.8) is 0 Å². The number of hydrogen-bond acceptors (Lipinski definition) is 6. The van der Waals surface area contributed by atoms with E-state index < -0.39 is 0 Å². The van der Waals surface area contributed by atoms with Crippen LogP contribution in [0.25, 0.3) is 11.3 Å². The lowest BCUT2D eigenvalue weighted by Gasteiger charge is -2.35. The van der Waals surface area contributed by atoms with E-state index >= 15 is 0 Å².